The molecule has 0 saturated heterocycles. The highest BCUT2D eigenvalue weighted by atomic mass is 19.4. The van der Waals surface area contributed by atoms with Crippen LogP contribution in [0.1, 0.15) is 22.5 Å². The Morgan fingerprint density at radius 1 is 1.20 bits per heavy atom. The van der Waals surface area contributed by atoms with Crippen LogP contribution in [0, 0.1) is 0 Å². The van der Waals surface area contributed by atoms with Gasteiger partial charge in [-0.2, -0.15) is 13.2 Å². The third-order valence-electron chi connectivity index (χ3n) is 3.51. The number of nitrogens with one attached hydrogen (secondary N) is 1. The molecular formula is C16H9F3N3O3. The molecule has 0 saturated carbocycles. The van der Waals surface area contributed by atoms with Gasteiger partial charge in [-0.15, -0.1) is 0 Å². The van der Waals surface area contributed by atoms with E-state index in [1.807, 2.05) is 0 Å². The number of pyridine rings is 3. The Labute approximate surface area is 138 Å². The van der Waals surface area contributed by atoms with Crippen molar-refractivity contribution in [1.29, 1.82) is 0 Å². The lowest BCUT2D eigenvalue weighted by Gasteiger charge is -2.07. The molecule has 0 fully saturated rings. The van der Waals surface area contributed by atoms with E-state index in [1.165, 1.54) is 24.5 Å². The number of halogens is 3. The molecule has 9 heteroatoms. The molecule has 6 nitrogen and oxygen atoms in total. The molecular weight excluding hydrogens is 339 g/mol. The van der Waals surface area contributed by atoms with Gasteiger partial charge in [0, 0.05) is 18.3 Å². The summed E-state index contributed by atoms with van der Waals surface area (Å²) in [5.41, 5.74) is -1.36. The molecule has 3 rings (SSSR count). The zero-order valence-corrected chi connectivity index (χ0v) is 12.4. The third kappa shape index (κ3) is 3.21. The Bertz CT molecular complexity index is 1010. The van der Waals surface area contributed by atoms with Crippen molar-refractivity contribution in [2.45, 2.75) is 12.6 Å². The predicted molar refractivity (Wildman–Crippen MR) is 80.9 cm³/mol. The summed E-state index contributed by atoms with van der Waals surface area (Å²) in [6, 6.07) is 5.12. The largest absolute Gasteiger partial charge is 0.506 e. The van der Waals surface area contributed by atoms with Crippen molar-refractivity contribution < 1.29 is 23.1 Å². The Balaban J connectivity index is 1.95. The maximum Gasteiger partial charge on any atom is 0.433 e. The Morgan fingerprint density at radius 2 is 1.96 bits per heavy atom. The highest BCUT2D eigenvalue weighted by Gasteiger charge is 2.32. The van der Waals surface area contributed by atoms with E-state index in [0.717, 1.165) is 12.3 Å². The van der Waals surface area contributed by atoms with E-state index < -0.39 is 28.7 Å². The van der Waals surface area contributed by atoms with Crippen molar-refractivity contribution in [1.82, 2.24) is 15.0 Å². The highest BCUT2D eigenvalue weighted by Crippen LogP contribution is 2.27. The molecule has 0 aliphatic heterocycles. The zero-order chi connectivity index (χ0) is 18.2. The van der Waals surface area contributed by atoms with Crippen LogP contribution in [0.4, 0.5) is 13.2 Å². The van der Waals surface area contributed by atoms with Gasteiger partial charge in [0.25, 0.3) is 5.56 Å². The average molecular weight is 348 g/mol. The number of nitrogens with zero attached hydrogens (tertiary/aromatic N) is 2. The number of aromatic nitrogens is 3. The number of hydrogen-bond donors (Lipinski definition) is 2. The number of fused-ring (bicyclic) bond motifs is 1. The summed E-state index contributed by atoms with van der Waals surface area (Å²) in [7, 11) is 0. The van der Waals surface area contributed by atoms with E-state index in [0.29, 0.717) is 11.3 Å². The molecule has 127 valence electrons. The molecule has 0 aliphatic carbocycles. The van der Waals surface area contributed by atoms with Crippen molar-refractivity contribution in [3.05, 3.63) is 63.3 Å². The SMILES string of the molecule is O=[C]c1c(O)c2ccc(Cc3ccc(C(F)(F)F)nc3)nc2[nH]c1=O. The molecule has 1 radical (unpaired) electrons. The second-order valence-corrected chi connectivity index (χ2v) is 5.20. The van der Waals surface area contributed by atoms with Gasteiger partial charge in [0.15, 0.2) is 0 Å². The smallest absolute Gasteiger partial charge is 0.433 e. The molecule has 0 atom stereocenters. The first kappa shape index (κ1) is 16.6. The second kappa shape index (κ2) is 6.00. The molecule has 25 heavy (non-hydrogen) atoms. The third-order valence-corrected chi connectivity index (χ3v) is 3.51. The fraction of sp³-hybridized carbons (Fsp3) is 0.125. The van der Waals surface area contributed by atoms with Gasteiger partial charge in [-0.25, -0.2) is 4.98 Å². The number of hydrogen-bond acceptors (Lipinski definition) is 5. The van der Waals surface area contributed by atoms with Gasteiger partial charge >= 0.3 is 6.18 Å². The lowest BCUT2D eigenvalue weighted by atomic mass is 10.1. The van der Waals surface area contributed by atoms with Crippen LogP contribution in [0.25, 0.3) is 11.0 Å². The Kier molecular flexibility index (Phi) is 3.99. The van der Waals surface area contributed by atoms with Gasteiger partial charge < -0.3 is 10.1 Å². The minimum atomic E-state index is -4.51. The van der Waals surface area contributed by atoms with Gasteiger partial charge in [-0.05, 0) is 23.8 Å². The van der Waals surface area contributed by atoms with E-state index in [2.05, 4.69) is 15.0 Å². The minimum absolute atomic E-state index is 0.0545. The van der Waals surface area contributed by atoms with Gasteiger partial charge in [-0.3, -0.25) is 14.6 Å². The molecule has 0 unspecified atom stereocenters. The summed E-state index contributed by atoms with van der Waals surface area (Å²) in [4.78, 5) is 32.2. The lowest BCUT2D eigenvalue weighted by molar-refractivity contribution is -0.141. The first-order valence-electron chi connectivity index (χ1n) is 6.94. The van der Waals surface area contributed by atoms with Crippen LogP contribution in [0.2, 0.25) is 0 Å². The van der Waals surface area contributed by atoms with E-state index in [-0.39, 0.29) is 17.5 Å². The van der Waals surface area contributed by atoms with Crippen molar-refractivity contribution in [2.24, 2.45) is 0 Å². The van der Waals surface area contributed by atoms with Crippen LogP contribution in [-0.2, 0) is 17.4 Å². The van der Waals surface area contributed by atoms with E-state index in [1.54, 1.807) is 0 Å². The number of H-pyrrole nitrogens is 1. The van der Waals surface area contributed by atoms with Crippen LogP contribution in [-0.4, -0.2) is 26.3 Å². The second-order valence-electron chi connectivity index (χ2n) is 5.20. The van der Waals surface area contributed by atoms with Crippen LogP contribution < -0.4 is 5.56 Å². The molecule has 2 N–H and O–H groups in total. The Hall–Kier alpha value is -3.23. The van der Waals surface area contributed by atoms with Gasteiger partial charge in [-0.1, -0.05) is 6.07 Å². The maximum atomic E-state index is 12.5. The van der Waals surface area contributed by atoms with Crippen molar-refractivity contribution in [2.75, 3.05) is 0 Å². The summed E-state index contributed by atoms with van der Waals surface area (Å²) < 4.78 is 37.5. The maximum absolute atomic E-state index is 12.5. The van der Waals surface area contributed by atoms with Crippen LogP contribution >= 0.6 is 0 Å². The van der Waals surface area contributed by atoms with Crippen molar-refractivity contribution >= 4 is 17.3 Å². The summed E-state index contributed by atoms with van der Waals surface area (Å²) >= 11 is 0. The van der Waals surface area contributed by atoms with E-state index in [9.17, 15) is 27.9 Å². The predicted octanol–water partition coefficient (Wildman–Crippen LogP) is 2.09. The fourth-order valence-corrected chi connectivity index (χ4v) is 2.30. The van der Waals surface area contributed by atoms with Crippen LogP contribution in [0.3, 0.4) is 0 Å². The standard InChI is InChI=1S/C16H9F3N3O3/c17-16(18,19)12-4-1-8(6-20-12)5-9-2-3-10-13(24)11(7-23)15(25)22-14(10)21-9/h1-4,6H,5H2,(H2,21,22,24,25). The van der Waals surface area contributed by atoms with Crippen LogP contribution in [0.5, 0.6) is 5.75 Å². The number of rotatable bonds is 3. The molecule has 3 aromatic heterocycles. The molecule has 0 spiro atoms. The first-order chi connectivity index (χ1) is 11.8. The molecule has 0 amide bonds. The summed E-state index contributed by atoms with van der Waals surface area (Å²) in [5.74, 6) is -0.524. The van der Waals surface area contributed by atoms with Gasteiger partial charge in [0.2, 0.25) is 6.29 Å². The number of aromatic hydroxyl groups is 1. The molecule has 3 heterocycles. The van der Waals surface area contributed by atoms with Crippen molar-refractivity contribution in [3.63, 3.8) is 0 Å². The average Bonchev–Trinajstić information content (AvgIpc) is 2.54. The summed E-state index contributed by atoms with van der Waals surface area (Å²) in [6.45, 7) is 0. The lowest BCUT2D eigenvalue weighted by Crippen LogP contribution is -2.13. The van der Waals surface area contributed by atoms with Crippen molar-refractivity contribution in [3.8, 4) is 5.75 Å². The summed E-state index contributed by atoms with van der Waals surface area (Å²) in [5, 5.41) is 10.0. The van der Waals surface area contributed by atoms with Gasteiger partial charge in [0.05, 0.1) is 5.39 Å². The first-order valence-corrected chi connectivity index (χ1v) is 6.94. The molecule has 0 bridgehead atoms. The van der Waals surface area contributed by atoms with E-state index >= 15 is 0 Å². The number of alkyl halides is 3. The highest BCUT2D eigenvalue weighted by molar-refractivity contribution is 5.91. The van der Waals surface area contributed by atoms with Gasteiger partial charge in [0.1, 0.15) is 22.7 Å². The fourth-order valence-electron chi connectivity index (χ4n) is 2.30. The monoisotopic (exact) mass is 348 g/mol. The zero-order valence-electron chi connectivity index (χ0n) is 12.4. The molecule has 3 aromatic rings. The number of aromatic amines is 1. The normalized spacial score (nSPS) is 11.6. The minimum Gasteiger partial charge on any atom is -0.506 e. The quantitative estimate of drug-likeness (QED) is 0.756. The van der Waals surface area contributed by atoms with Crippen LogP contribution in [0.15, 0.2) is 35.3 Å². The summed E-state index contributed by atoms with van der Waals surface area (Å²) in [6.07, 6.45) is -1.89. The molecule has 0 aromatic carbocycles. The molecule has 0 aliphatic rings. The van der Waals surface area contributed by atoms with E-state index in [4.69, 9.17) is 0 Å². The topological polar surface area (TPSA) is 95.9 Å². The number of carbonyl (C=O) groups excluding carboxylic acids is 1. The Morgan fingerprint density at radius 3 is 2.56 bits per heavy atom.